The first-order valence-electron chi connectivity index (χ1n) is 13.5. The number of amides is 2. The number of carbonyl (C=O) groups is 2. The van der Waals surface area contributed by atoms with E-state index in [1.165, 1.54) is 44.1 Å². The summed E-state index contributed by atoms with van der Waals surface area (Å²) < 4.78 is 5.53. The van der Waals surface area contributed by atoms with Crippen molar-refractivity contribution in [3.8, 4) is 0 Å². The standard InChI is InChI=1S/C29H49N3O3/c1-10-11-12-13-14-15-16-18-29(7,8)26(33)30-23-20(2)22-17-19-32(9)25(22)24(21(23)3)31-27(34)35-28(4,5)6/h10-19H2,1-9H3,(H,30,33)(H,31,34). The van der Waals surface area contributed by atoms with Crippen molar-refractivity contribution < 1.29 is 14.3 Å². The molecule has 1 aromatic carbocycles. The molecule has 0 spiro atoms. The molecule has 1 aliphatic rings. The maximum absolute atomic E-state index is 13.4. The topological polar surface area (TPSA) is 70.7 Å². The van der Waals surface area contributed by atoms with Crippen LogP contribution in [0.15, 0.2) is 0 Å². The lowest BCUT2D eigenvalue weighted by Gasteiger charge is -2.28. The Morgan fingerprint density at radius 3 is 2.09 bits per heavy atom. The van der Waals surface area contributed by atoms with Gasteiger partial charge in [-0.25, -0.2) is 4.79 Å². The summed E-state index contributed by atoms with van der Waals surface area (Å²) in [5.41, 5.74) is 4.61. The average Bonchev–Trinajstić information content (AvgIpc) is 3.13. The van der Waals surface area contributed by atoms with Gasteiger partial charge in [-0.05, 0) is 64.2 Å². The number of unbranched alkanes of at least 4 members (excludes halogenated alkanes) is 6. The summed E-state index contributed by atoms with van der Waals surface area (Å²) >= 11 is 0. The summed E-state index contributed by atoms with van der Waals surface area (Å²) in [6, 6.07) is 0. The number of fused-ring (bicyclic) bond motifs is 1. The molecule has 0 fully saturated rings. The van der Waals surface area contributed by atoms with Crippen LogP contribution in [0.5, 0.6) is 0 Å². The lowest BCUT2D eigenvalue weighted by Crippen LogP contribution is -2.32. The van der Waals surface area contributed by atoms with Crippen LogP contribution in [0.3, 0.4) is 0 Å². The maximum atomic E-state index is 13.4. The minimum atomic E-state index is -0.588. The predicted octanol–water partition coefficient (Wildman–Crippen LogP) is 7.75. The molecular formula is C29H49N3O3. The molecule has 0 atom stereocenters. The summed E-state index contributed by atoms with van der Waals surface area (Å²) in [7, 11) is 2.04. The van der Waals surface area contributed by atoms with E-state index >= 15 is 0 Å². The lowest BCUT2D eigenvalue weighted by atomic mass is 9.85. The Labute approximate surface area is 213 Å². The van der Waals surface area contributed by atoms with Crippen LogP contribution in [0.1, 0.15) is 110 Å². The van der Waals surface area contributed by atoms with Crippen molar-refractivity contribution >= 4 is 29.1 Å². The Kier molecular flexibility index (Phi) is 10.1. The number of anilines is 3. The molecule has 2 amide bonds. The number of hydrogen-bond acceptors (Lipinski definition) is 4. The van der Waals surface area contributed by atoms with E-state index in [1.54, 1.807) is 0 Å². The number of nitrogens with zero attached hydrogens (tertiary/aromatic N) is 1. The molecule has 0 saturated heterocycles. The first kappa shape index (κ1) is 29.0. The molecule has 0 saturated carbocycles. The fourth-order valence-corrected chi connectivity index (χ4v) is 4.85. The normalized spacial score (nSPS) is 13.6. The van der Waals surface area contributed by atoms with E-state index in [0.717, 1.165) is 54.0 Å². The highest BCUT2D eigenvalue weighted by Gasteiger charge is 2.32. The van der Waals surface area contributed by atoms with Gasteiger partial charge in [-0.15, -0.1) is 0 Å². The minimum absolute atomic E-state index is 0.0317. The second-order valence-electron chi connectivity index (χ2n) is 11.8. The summed E-state index contributed by atoms with van der Waals surface area (Å²) in [6.45, 7) is 16.8. The van der Waals surface area contributed by atoms with Gasteiger partial charge in [0.05, 0.1) is 11.4 Å². The van der Waals surface area contributed by atoms with E-state index in [1.807, 2.05) is 48.6 Å². The second-order valence-corrected chi connectivity index (χ2v) is 11.8. The third-order valence-corrected chi connectivity index (χ3v) is 7.06. The molecule has 1 aromatic rings. The first-order valence-corrected chi connectivity index (χ1v) is 13.5. The molecule has 6 heteroatoms. The van der Waals surface area contributed by atoms with Crippen molar-refractivity contribution in [1.29, 1.82) is 0 Å². The van der Waals surface area contributed by atoms with Gasteiger partial charge in [-0.1, -0.05) is 65.7 Å². The molecule has 1 aliphatic heterocycles. The van der Waals surface area contributed by atoms with Crippen LogP contribution in [0.25, 0.3) is 0 Å². The third-order valence-electron chi connectivity index (χ3n) is 7.06. The van der Waals surface area contributed by atoms with Crippen LogP contribution < -0.4 is 15.5 Å². The molecule has 35 heavy (non-hydrogen) atoms. The fraction of sp³-hybridized carbons (Fsp3) is 0.724. The van der Waals surface area contributed by atoms with Crippen molar-refractivity contribution in [1.82, 2.24) is 0 Å². The number of likely N-dealkylation sites (N-methyl/N-ethyl adjacent to an activating group) is 1. The lowest BCUT2D eigenvalue weighted by molar-refractivity contribution is -0.124. The molecule has 0 aromatic heterocycles. The first-order chi connectivity index (χ1) is 16.3. The van der Waals surface area contributed by atoms with Crippen LogP contribution in [0.4, 0.5) is 21.9 Å². The molecule has 0 bridgehead atoms. The van der Waals surface area contributed by atoms with Crippen LogP contribution in [-0.4, -0.2) is 31.2 Å². The summed E-state index contributed by atoms with van der Waals surface area (Å²) in [5.74, 6) is 0.0317. The van der Waals surface area contributed by atoms with E-state index in [-0.39, 0.29) is 5.91 Å². The van der Waals surface area contributed by atoms with E-state index in [9.17, 15) is 9.59 Å². The van der Waals surface area contributed by atoms with Gasteiger partial charge in [0, 0.05) is 24.7 Å². The van der Waals surface area contributed by atoms with E-state index in [4.69, 9.17) is 4.74 Å². The van der Waals surface area contributed by atoms with Gasteiger partial charge in [-0.2, -0.15) is 0 Å². The molecule has 0 aliphatic carbocycles. The molecule has 198 valence electrons. The smallest absolute Gasteiger partial charge is 0.412 e. The zero-order chi connectivity index (χ0) is 26.4. The predicted molar refractivity (Wildman–Crippen MR) is 148 cm³/mol. The van der Waals surface area contributed by atoms with Gasteiger partial charge in [0.2, 0.25) is 5.91 Å². The van der Waals surface area contributed by atoms with Crippen molar-refractivity contribution in [2.24, 2.45) is 5.41 Å². The largest absolute Gasteiger partial charge is 0.444 e. The molecule has 2 rings (SSSR count). The van der Waals surface area contributed by atoms with E-state index < -0.39 is 17.1 Å². The van der Waals surface area contributed by atoms with Crippen molar-refractivity contribution in [3.63, 3.8) is 0 Å². The van der Waals surface area contributed by atoms with Gasteiger partial charge in [0.1, 0.15) is 5.60 Å². The molecule has 6 nitrogen and oxygen atoms in total. The number of carbonyl (C=O) groups excluding carboxylic acids is 2. The number of rotatable bonds is 11. The minimum Gasteiger partial charge on any atom is -0.444 e. The highest BCUT2D eigenvalue weighted by atomic mass is 16.6. The zero-order valence-corrected chi connectivity index (χ0v) is 23.7. The van der Waals surface area contributed by atoms with Crippen molar-refractivity contribution in [2.75, 3.05) is 29.1 Å². The second kappa shape index (κ2) is 12.1. The Morgan fingerprint density at radius 1 is 0.886 bits per heavy atom. The Bertz CT molecular complexity index is 900. The number of benzene rings is 1. The van der Waals surface area contributed by atoms with Gasteiger partial charge >= 0.3 is 6.09 Å². The highest BCUT2D eigenvalue weighted by molar-refractivity contribution is 6.01. The molecule has 2 N–H and O–H groups in total. The van der Waals surface area contributed by atoms with Crippen LogP contribution in [0, 0.1) is 19.3 Å². The Hall–Kier alpha value is -2.24. The zero-order valence-electron chi connectivity index (χ0n) is 23.7. The van der Waals surface area contributed by atoms with Crippen molar-refractivity contribution in [2.45, 2.75) is 119 Å². The van der Waals surface area contributed by atoms with E-state index in [2.05, 4.69) is 29.4 Å². The van der Waals surface area contributed by atoms with Crippen molar-refractivity contribution in [3.05, 3.63) is 16.7 Å². The Morgan fingerprint density at radius 2 is 1.49 bits per heavy atom. The summed E-state index contributed by atoms with van der Waals surface area (Å²) in [4.78, 5) is 28.2. The van der Waals surface area contributed by atoms with Gasteiger partial charge in [0.25, 0.3) is 0 Å². The number of hydrogen-bond donors (Lipinski definition) is 2. The molecule has 1 heterocycles. The molecule has 0 radical (unpaired) electrons. The molecular weight excluding hydrogens is 438 g/mol. The summed E-state index contributed by atoms with van der Waals surface area (Å²) in [5, 5.41) is 6.23. The summed E-state index contributed by atoms with van der Waals surface area (Å²) in [6.07, 6.45) is 9.92. The highest BCUT2D eigenvalue weighted by Crippen LogP contribution is 2.44. The fourth-order valence-electron chi connectivity index (χ4n) is 4.85. The van der Waals surface area contributed by atoms with Crippen LogP contribution in [0.2, 0.25) is 0 Å². The quantitative estimate of drug-likeness (QED) is 0.313. The van der Waals surface area contributed by atoms with Crippen LogP contribution >= 0.6 is 0 Å². The SMILES string of the molecule is CCCCCCCCCC(C)(C)C(=O)Nc1c(C)c2c(c(NC(=O)OC(C)(C)C)c1C)N(C)CC2. The van der Waals surface area contributed by atoms with Gasteiger partial charge in [0.15, 0.2) is 0 Å². The van der Waals surface area contributed by atoms with E-state index in [0.29, 0.717) is 0 Å². The molecule has 0 unspecified atom stereocenters. The third kappa shape index (κ3) is 7.88. The monoisotopic (exact) mass is 487 g/mol. The number of ether oxygens (including phenoxy) is 1. The maximum Gasteiger partial charge on any atom is 0.412 e. The van der Waals surface area contributed by atoms with Gasteiger partial charge in [-0.3, -0.25) is 10.1 Å². The van der Waals surface area contributed by atoms with Crippen LogP contribution in [-0.2, 0) is 16.0 Å². The Balaban J connectivity index is 2.19. The average molecular weight is 488 g/mol. The van der Waals surface area contributed by atoms with Gasteiger partial charge < -0.3 is 15.0 Å². The number of nitrogens with one attached hydrogen (secondary N) is 2.